The predicted molar refractivity (Wildman–Crippen MR) is 91.6 cm³/mol. The molecule has 26 heavy (non-hydrogen) atoms. The van der Waals surface area contributed by atoms with E-state index in [0.29, 0.717) is 25.2 Å². The van der Waals surface area contributed by atoms with Crippen molar-refractivity contribution in [2.45, 2.75) is 31.7 Å². The van der Waals surface area contributed by atoms with Crippen LogP contribution >= 0.6 is 0 Å². The van der Waals surface area contributed by atoms with E-state index in [1.807, 2.05) is 6.07 Å². The number of nitrogens with zero attached hydrogens (tertiary/aromatic N) is 1. The van der Waals surface area contributed by atoms with E-state index in [0.717, 1.165) is 24.1 Å². The molecule has 2 aromatic carbocycles. The molecule has 140 valence electrons. The van der Waals surface area contributed by atoms with Crippen LogP contribution in [0.15, 0.2) is 42.5 Å². The SMILES string of the molecule is NCc1ccc(C2CCN(c3ccc(OC(F)(F)F)cc3)CC2)c(F)c1. The molecule has 7 heteroatoms. The van der Waals surface area contributed by atoms with Crippen molar-refractivity contribution in [1.29, 1.82) is 0 Å². The smallest absolute Gasteiger partial charge is 0.406 e. The minimum absolute atomic E-state index is 0.130. The van der Waals surface area contributed by atoms with Gasteiger partial charge in [0.25, 0.3) is 0 Å². The van der Waals surface area contributed by atoms with Gasteiger partial charge >= 0.3 is 6.36 Å². The lowest BCUT2D eigenvalue weighted by Gasteiger charge is -2.34. The number of nitrogens with two attached hydrogens (primary N) is 1. The number of benzene rings is 2. The van der Waals surface area contributed by atoms with Crippen LogP contribution in [0.2, 0.25) is 0 Å². The molecule has 0 bridgehead atoms. The number of ether oxygens (including phenoxy) is 1. The Balaban J connectivity index is 1.61. The highest BCUT2D eigenvalue weighted by molar-refractivity contribution is 5.49. The molecule has 2 aromatic rings. The fraction of sp³-hybridized carbons (Fsp3) is 0.368. The molecule has 0 amide bonds. The molecule has 0 radical (unpaired) electrons. The van der Waals surface area contributed by atoms with Crippen molar-refractivity contribution in [1.82, 2.24) is 0 Å². The number of rotatable bonds is 4. The Hall–Kier alpha value is -2.28. The summed E-state index contributed by atoms with van der Waals surface area (Å²) in [6.07, 6.45) is -3.14. The van der Waals surface area contributed by atoms with E-state index in [2.05, 4.69) is 9.64 Å². The fourth-order valence-electron chi connectivity index (χ4n) is 3.34. The van der Waals surface area contributed by atoms with Gasteiger partial charge in [0.15, 0.2) is 0 Å². The number of hydrogen-bond acceptors (Lipinski definition) is 3. The van der Waals surface area contributed by atoms with Crippen molar-refractivity contribution in [3.8, 4) is 5.75 Å². The minimum atomic E-state index is -4.69. The van der Waals surface area contributed by atoms with E-state index >= 15 is 0 Å². The first-order chi connectivity index (χ1) is 12.4. The van der Waals surface area contributed by atoms with Gasteiger partial charge in [0.2, 0.25) is 0 Å². The molecule has 0 saturated carbocycles. The van der Waals surface area contributed by atoms with E-state index in [4.69, 9.17) is 5.73 Å². The standard InChI is InChI=1S/C19H20F4N2O/c20-18-11-13(12-24)1-6-17(18)14-7-9-25(10-8-14)15-2-4-16(5-3-15)26-19(21,22)23/h1-6,11,14H,7-10,12,24H2. The molecule has 1 fully saturated rings. The zero-order chi connectivity index (χ0) is 18.7. The highest BCUT2D eigenvalue weighted by Gasteiger charge is 2.31. The monoisotopic (exact) mass is 368 g/mol. The molecule has 1 heterocycles. The third-order valence-electron chi connectivity index (χ3n) is 4.67. The lowest BCUT2D eigenvalue weighted by Crippen LogP contribution is -2.33. The van der Waals surface area contributed by atoms with Crippen LogP contribution in [0.4, 0.5) is 23.2 Å². The Bertz CT molecular complexity index is 738. The van der Waals surface area contributed by atoms with Crippen molar-refractivity contribution in [2.75, 3.05) is 18.0 Å². The summed E-state index contributed by atoms with van der Waals surface area (Å²) in [7, 11) is 0. The summed E-state index contributed by atoms with van der Waals surface area (Å²) in [5, 5.41) is 0. The van der Waals surface area contributed by atoms with Crippen molar-refractivity contribution in [3.05, 3.63) is 59.4 Å². The first-order valence-corrected chi connectivity index (χ1v) is 8.45. The molecule has 3 rings (SSSR count). The maximum absolute atomic E-state index is 14.2. The summed E-state index contributed by atoms with van der Waals surface area (Å²) in [6.45, 7) is 1.73. The van der Waals surface area contributed by atoms with Crippen molar-refractivity contribution >= 4 is 5.69 Å². The number of piperidine rings is 1. The van der Waals surface area contributed by atoms with Gasteiger partial charge in [0, 0.05) is 25.3 Å². The van der Waals surface area contributed by atoms with Gasteiger partial charge in [-0.05, 0) is 60.2 Å². The van der Waals surface area contributed by atoms with Crippen molar-refractivity contribution in [3.63, 3.8) is 0 Å². The van der Waals surface area contributed by atoms with Gasteiger partial charge in [0.05, 0.1) is 0 Å². The quantitative estimate of drug-likeness (QED) is 0.804. The summed E-state index contributed by atoms with van der Waals surface area (Å²) < 4.78 is 54.8. The second-order valence-corrected chi connectivity index (χ2v) is 6.36. The van der Waals surface area contributed by atoms with Crippen LogP contribution in [0.5, 0.6) is 5.75 Å². The lowest BCUT2D eigenvalue weighted by molar-refractivity contribution is -0.274. The van der Waals surface area contributed by atoms with Gasteiger partial charge in [-0.15, -0.1) is 13.2 Å². The molecule has 0 aliphatic carbocycles. The zero-order valence-electron chi connectivity index (χ0n) is 14.1. The normalized spacial score (nSPS) is 16.0. The Morgan fingerprint density at radius 2 is 1.69 bits per heavy atom. The highest BCUT2D eigenvalue weighted by Crippen LogP contribution is 2.33. The number of anilines is 1. The summed E-state index contributed by atoms with van der Waals surface area (Å²) in [4.78, 5) is 2.08. The average Bonchev–Trinajstić information content (AvgIpc) is 2.61. The van der Waals surface area contributed by atoms with Crippen molar-refractivity contribution < 1.29 is 22.3 Å². The second-order valence-electron chi connectivity index (χ2n) is 6.36. The third kappa shape index (κ3) is 4.46. The fourth-order valence-corrected chi connectivity index (χ4v) is 3.34. The van der Waals surface area contributed by atoms with E-state index in [1.165, 1.54) is 18.2 Å². The molecule has 0 spiro atoms. The third-order valence-corrected chi connectivity index (χ3v) is 4.67. The number of halogens is 4. The van der Waals surface area contributed by atoms with Gasteiger partial charge in [-0.3, -0.25) is 0 Å². The predicted octanol–water partition coefficient (Wildman–Crippen LogP) is 4.57. The molecule has 0 unspecified atom stereocenters. The van der Waals surface area contributed by atoms with E-state index in [-0.39, 0.29) is 17.5 Å². The summed E-state index contributed by atoms with van der Waals surface area (Å²) in [6, 6.07) is 11.0. The first-order valence-electron chi connectivity index (χ1n) is 8.45. The number of hydrogen-bond donors (Lipinski definition) is 1. The van der Waals surface area contributed by atoms with Crippen LogP contribution < -0.4 is 15.4 Å². The Kier molecular flexibility index (Phi) is 5.36. The molecule has 0 aromatic heterocycles. The Morgan fingerprint density at radius 3 is 2.23 bits per heavy atom. The van der Waals surface area contributed by atoms with Gasteiger partial charge in [-0.2, -0.15) is 0 Å². The largest absolute Gasteiger partial charge is 0.573 e. The maximum Gasteiger partial charge on any atom is 0.573 e. The number of alkyl halides is 3. The van der Waals surface area contributed by atoms with Gasteiger partial charge in [0.1, 0.15) is 11.6 Å². The average molecular weight is 368 g/mol. The van der Waals surface area contributed by atoms with E-state index in [1.54, 1.807) is 18.2 Å². The van der Waals surface area contributed by atoms with Gasteiger partial charge < -0.3 is 15.4 Å². The highest BCUT2D eigenvalue weighted by atomic mass is 19.4. The lowest BCUT2D eigenvalue weighted by atomic mass is 9.88. The molecule has 1 aliphatic rings. The van der Waals surface area contributed by atoms with E-state index < -0.39 is 6.36 Å². The molecule has 1 aliphatic heterocycles. The summed E-state index contributed by atoms with van der Waals surface area (Å²) >= 11 is 0. The van der Waals surface area contributed by atoms with E-state index in [9.17, 15) is 17.6 Å². The summed E-state index contributed by atoms with van der Waals surface area (Å²) in [5.41, 5.74) is 7.83. The van der Waals surface area contributed by atoms with Crippen LogP contribution in [-0.2, 0) is 6.54 Å². The second kappa shape index (κ2) is 7.53. The molecule has 2 N–H and O–H groups in total. The van der Waals surface area contributed by atoms with Crippen LogP contribution in [0.1, 0.15) is 29.9 Å². The zero-order valence-corrected chi connectivity index (χ0v) is 14.1. The molecule has 1 saturated heterocycles. The van der Waals surface area contributed by atoms with Crippen LogP contribution in [-0.4, -0.2) is 19.5 Å². The molecule has 0 atom stereocenters. The minimum Gasteiger partial charge on any atom is -0.406 e. The van der Waals surface area contributed by atoms with Gasteiger partial charge in [-0.25, -0.2) is 4.39 Å². The molecular formula is C19H20F4N2O. The van der Waals surface area contributed by atoms with Crippen LogP contribution in [0, 0.1) is 5.82 Å². The Morgan fingerprint density at radius 1 is 1.04 bits per heavy atom. The molecule has 3 nitrogen and oxygen atoms in total. The van der Waals surface area contributed by atoms with Gasteiger partial charge in [-0.1, -0.05) is 12.1 Å². The topological polar surface area (TPSA) is 38.5 Å². The van der Waals surface area contributed by atoms with Crippen molar-refractivity contribution in [2.24, 2.45) is 5.73 Å². The maximum atomic E-state index is 14.2. The summed E-state index contributed by atoms with van der Waals surface area (Å²) in [5.74, 6) is -0.329. The van der Waals surface area contributed by atoms with Crippen LogP contribution in [0.3, 0.4) is 0 Å². The Labute approximate surface area is 149 Å². The van der Waals surface area contributed by atoms with Crippen LogP contribution in [0.25, 0.3) is 0 Å². The first kappa shape index (κ1) is 18.5. The molecular weight excluding hydrogens is 348 g/mol.